The lowest BCUT2D eigenvalue weighted by molar-refractivity contribution is -0.115. The van der Waals surface area contributed by atoms with Crippen molar-refractivity contribution in [1.29, 1.82) is 0 Å². The van der Waals surface area contributed by atoms with Gasteiger partial charge in [-0.05, 0) is 43.9 Å². The molecule has 1 aliphatic rings. The van der Waals surface area contributed by atoms with E-state index in [9.17, 15) is 14.0 Å². The number of benzene rings is 1. The highest BCUT2D eigenvalue weighted by Gasteiger charge is 2.30. The molecule has 1 heterocycles. The molecular weight excluding hydrogens is 363 g/mol. The lowest BCUT2D eigenvalue weighted by Gasteiger charge is -2.18. The van der Waals surface area contributed by atoms with Crippen LogP contribution in [0.5, 0.6) is 0 Å². The second-order valence-electron chi connectivity index (χ2n) is 7.09. The zero-order valence-electron chi connectivity index (χ0n) is 16.1. The number of hydrogen-bond donors (Lipinski definition) is 2. The van der Waals surface area contributed by atoms with Crippen molar-refractivity contribution < 1.29 is 18.7 Å². The molecule has 1 aromatic carbocycles. The highest BCUT2D eigenvalue weighted by atomic mass is 19.1. The van der Waals surface area contributed by atoms with Gasteiger partial charge in [-0.2, -0.15) is 5.10 Å². The summed E-state index contributed by atoms with van der Waals surface area (Å²) < 4.78 is 18.5. The highest BCUT2D eigenvalue weighted by Crippen LogP contribution is 2.36. The molecule has 2 amide bonds. The summed E-state index contributed by atoms with van der Waals surface area (Å²) in [4.78, 5) is 25.6. The molecule has 0 bridgehead atoms. The Kier molecular flexibility index (Phi) is 6.28. The van der Waals surface area contributed by atoms with Crippen molar-refractivity contribution in [2.75, 3.05) is 18.9 Å². The molecule has 0 radical (unpaired) electrons. The smallest absolute Gasteiger partial charge is 0.409 e. The van der Waals surface area contributed by atoms with E-state index in [1.807, 2.05) is 13.0 Å². The van der Waals surface area contributed by atoms with Crippen molar-refractivity contribution in [2.45, 2.75) is 44.6 Å². The molecule has 1 aliphatic carbocycles. The Labute approximate surface area is 163 Å². The molecule has 2 atom stereocenters. The highest BCUT2D eigenvalue weighted by molar-refractivity contribution is 5.91. The van der Waals surface area contributed by atoms with Crippen LogP contribution in [0.4, 0.5) is 15.0 Å². The summed E-state index contributed by atoms with van der Waals surface area (Å²) in [6.45, 7) is 2.51. The first-order chi connectivity index (χ1) is 13.4. The Balaban J connectivity index is 1.50. The van der Waals surface area contributed by atoms with Crippen molar-refractivity contribution in [3.63, 3.8) is 0 Å². The Hall–Kier alpha value is -2.90. The fourth-order valence-electron chi connectivity index (χ4n) is 3.28. The number of rotatable bonds is 6. The minimum Gasteiger partial charge on any atom is -0.446 e. The number of aromatic nitrogens is 2. The first kappa shape index (κ1) is 19.9. The molecule has 3 rings (SSSR count). The number of nitrogens with one attached hydrogen (secondary N) is 2. The summed E-state index contributed by atoms with van der Waals surface area (Å²) in [6.07, 6.45) is 2.17. The van der Waals surface area contributed by atoms with Gasteiger partial charge in [0.1, 0.15) is 11.9 Å². The predicted molar refractivity (Wildman–Crippen MR) is 102 cm³/mol. The van der Waals surface area contributed by atoms with E-state index in [0.29, 0.717) is 12.4 Å². The normalized spacial score (nSPS) is 18.7. The molecule has 0 aliphatic heterocycles. The Morgan fingerprint density at radius 1 is 1.32 bits per heavy atom. The fraction of sp³-hybridized carbons (Fsp3) is 0.450. The number of hydrogen-bond acceptors (Lipinski definition) is 4. The number of anilines is 1. The number of carbonyl (C=O) groups is 2. The third-order valence-electron chi connectivity index (χ3n) is 5.02. The standard InChI is InChI=1S/C20H25FN4O3/c1-3-25(2)20(27)28-16-9-6-14(11-16)17-12-18(24-23-17)22-19(26)10-13-4-7-15(21)8-5-13/h4-5,7-8,12,14,16H,3,6,9-11H2,1-2H3,(H2,22,23,24,26)/t14-,16+/m0/s1. The minimum absolute atomic E-state index is 0.105. The van der Waals surface area contributed by atoms with E-state index in [1.165, 1.54) is 17.0 Å². The van der Waals surface area contributed by atoms with Gasteiger partial charge in [-0.3, -0.25) is 9.89 Å². The third kappa shape index (κ3) is 5.09. The summed E-state index contributed by atoms with van der Waals surface area (Å²) in [5, 5.41) is 9.87. The quantitative estimate of drug-likeness (QED) is 0.793. The van der Waals surface area contributed by atoms with E-state index < -0.39 is 0 Å². The monoisotopic (exact) mass is 388 g/mol. The van der Waals surface area contributed by atoms with Gasteiger partial charge in [-0.25, -0.2) is 9.18 Å². The molecule has 1 saturated carbocycles. The van der Waals surface area contributed by atoms with Gasteiger partial charge >= 0.3 is 6.09 Å². The van der Waals surface area contributed by atoms with Gasteiger partial charge in [0.2, 0.25) is 5.91 Å². The first-order valence-electron chi connectivity index (χ1n) is 9.46. The number of amides is 2. The molecule has 7 nitrogen and oxygen atoms in total. The zero-order valence-corrected chi connectivity index (χ0v) is 16.1. The Morgan fingerprint density at radius 3 is 2.79 bits per heavy atom. The van der Waals surface area contributed by atoms with Gasteiger partial charge < -0.3 is 15.0 Å². The van der Waals surface area contributed by atoms with Crippen LogP contribution in [0, 0.1) is 5.82 Å². The summed E-state index contributed by atoms with van der Waals surface area (Å²) >= 11 is 0. The van der Waals surface area contributed by atoms with Gasteiger partial charge in [0.25, 0.3) is 0 Å². The zero-order chi connectivity index (χ0) is 20.1. The molecule has 0 unspecified atom stereocenters. The largest absolute Gasteiger partial charge is 0.446 e. The number of halogens is 1. The minimum atomic E-state index is -0.331. The van der Waals surface area contributed by atoms with E-state index in [2.05, 4.69) is 15.5 Å². The maximum absolute atomic E-state index is 12.9. The predicted octanol–water partition coefficient (Wildman–Crippen LogP) is 3.45. The van der Waals surface area contributed by atoms with E-state index in [0.717, 1.165) is 30.5 Å². The lowest BCUT2D eigenvalue weighted by Crippen LogP contribution is -2.30. The fourth-order valence-corrected chi connectivity index (χ4v) is 3.28. The van der Waals surface area contributed by atoms with Crippen LogP contribution in [-0.4, -0.2) is 46.8 Å². The van der Waals surface area contributed by atoms with E-state index in [4.69, 9.17) is 4.74 Å². The van der Waals surface area contributed by atoms with Gasteiger partial charge in [-0.15, -0.1) is 0 Å². The van der Waals surface area contributed by atoms with Crippen LogP contribution in [0.1, 0.15) is 43.4 Å². The maximum Gasteiger partial charge on any atom is 0.409 e. The number of ether oxygens (including phenoxy) is 1. The van der Waals surface area contributed by atoms with Crippen LogP contribution in [0.2, 0.25) is 0 Å². The molecule has 1 fully saturated rings. The molecule has 8 heteroatoms. The lowest BCUT2D eigenvalue weighted by atomic mass is 10.0. The SMILES string of the molecule is CCN(C)C(=O)O[C@@H]1CC[C@H](c2cc(NC(=O)Cc3ccc(F)cc3)n[nH]2)C1. The van der Waals surface area contributed by atoms with Crippen molar-refractivity contribution in [1.82, 2.24) is 15.1 Å². The van der Waals surface area contributed by atoms with E-state index in [1.54, 1.807) is 19.2 Å². The molecule has 150 valence electrons. The Morgan fingerprint density at radius 2 is 2.07 bits per heavy atom. The Bertz CT molecular complexity index is 821. The summed E-state index contributed by atoms with van der Waals surface area (Å²) in [5.41, 5.74) is 1.65. The molecule has 2 aromatic rings. The van der Waals surface area contributed by atoms with Gasteiger partial charge in [-0.1, -0.05) is 12.1 Å². The second kappa shape index (κ2) is 8.86. The van der Waals surface area contributed by atoms with E-state index >= 15 is 0 Å². The van der Waals surface area contributed by atoms with Gasteiger partial charge in [0.15, 0.2) is 5.82 Å². The number of aromatic amines is 1. The van der Waals surface area contributed by atoms with Crippen LogP contribution in [0.15, 0.2) is 30.3 Å². The maximum atomic E-state index is 12.9. The van der Waals surface area contributed by atoms with Crippen molar-refractivity contribution in [3.05, 3.63) is 47.4 Å². The van der Waals surface area contributed by atoms with Crippen LogP contribution in [0.3, 0.4) is 0 Å². The van der Waals surface area contributed by atoms with E-state index in [-0.39, 0.29) is 36.3 Å². The van der Waals surface area contributed by atoms with Crippen molar-refractivity contribution in [3.8, 4) is 0 Å². The number of carbonyl (C=O) groups excluding carboxylic acids is 2. The van der Waals surface area contributed by atoms with Crippen molar-refractivity contribution in [2.24, 2.45) is 0 Å². The van der Waals surface area contributed by atoms with Crippen molar-refractivity contribution >= 4 is 17.8 Å². The molecule has 28 heavy (non-hydrogen) atoms. The first-order valence-corrected chi connectivity index (χ1v) is 9.46. The average molecular weight is 388 g/mol. The summed E-state index contributed by atoms with van der Waals surface area (Å²) in [5.74, 6) is 0.113. The molecule has 1 aromatic heterocycles. The van der Waals surface area contributed by atoms with Crippen LogP contribution in [-0.2, 0) is 16.0 Å². The van der Waals surface area contributed by atoms with Gasteiger partial charge in [0, 0.05) is 31.3 Å². The molecular formula is C20H25FN4O3. The molecule has 0 saturated heterocycles. The van der Waals surface area contributed by atoms with Gasteiger partial charge in [0.05, 0.1) is 6.42 Å². The van der Waals surface area contributed by atoms with Crippen LogP contribution < -0.4 is 5.32 Å². The average Bonchev–Trinajstić information content (AvgIpc) is 3.32. The van der Waals surface area contributed by atoms with Crippen LogP contribution in [0.25, 0.3) is 0 Å². The molecule has 0 spiro atoms. The second-order valence-corrected chi connectivity index (χ2v) is 7.09. The number of nitrogens with zero attached hydrogens (tertiary/aromatic N) is 2. The summed E-state index contributed by atoms with van der Waals surface area (Å²) in [6, 6.07) is 7.64. The van der Waals surface area contributed by atoms with Crippen LogP contribution >= 0.6 is 0 Å². The summed E-state index contributed by atoms with van der Waals surface area (Å²) in [7, 11) is 1.71. The third-order valence-corrected chi connectivity index (χ3v) is 5.02. The number of H-pyrrole nitrogens is 1. The molecule has 2 N–H and O–H groups in total. The topological polar surface area (TPSA) is 87.3 Å².